The smallest absolute Gasteiger partial charge is 0.148 e. The van der Waals surface area contributed by atoms with E-state index in [1.54, 1.807) is 12.1 Å². The lowest BCUT2D eigenvalue weighted by Gasteiger charge is -2.11. The number of hydrogen-bond donors (Lipinski definition) is 5. The Hall–Kier alpha value is -1.31. The molecular weight excluding hydrogens is 337 g/mol. The molecule has 0 fully saturated rings. The lowest BCUT2D eigenvalue weighted by atomic mass is 10.1. The summed E-state index contributed by atoms with van der Waals surface area (Å²) in [6.45, 7) is 2.57. The van der Waals surface area contributed by atoms with E-state index >= 15 is 0 Å². The third-order valence-electron chi connectivity index (χ3n) is 3.24. The van der Waals surface area contributed by atoms with Crippen molar-refractivity contribution in [2.45, 2.75) is 6.10 Å². The van der Waals surface area contributed by atoms with E-state index in [4.69, 9.17) is 23.2 Å². The van der Waals surface area contributed by atoms with Gasteiger partial charge >= 0.3 is 0 Å². The number of halogens is 2. The second kappa shape index (κ2) is 9.10. The van der Waals surface area contributed by atoms with Crippen molar-refractivity contribution in [1.29, 1.82) is 0 Å². The topological polar surface area (TPSA) is 85.0 Å². The molecule has 126 valence electrons. The van der Waals surface area contributed by atoms with Crippen LogP contribution in [-0.2, 0) is 0 Å². The number of aromatic amines is 1. The van der Waals surface area contributed by atoms with Gasteiger partial charge in [0.25, 0.3) is 0 Å². The Bertz CT molecular complexity index is 620. The highest BCUT2D eigenvalue weighted by Gasteiger charge is 2.06. The third kappa shape index (κ3) is 5.67. The largest absolute Gasteiger partial charge is 0.390 e. The molecule has 0 spiro atoms. The summed E-state index contributed by atoms with van der Waals surface area (Å²) in [6.07, 6.45) is -0.383. The third-order valence-corrected chi connectivity index (χ3v) is 3.98. The highest BCUT2D eigenvalue weighted by Crippen LogP contribution is 2.28. The first-order valence-corrected chi connectivity index (χ1v) is 8.14. The van der Waals surface area contributed by atoms with Crippen LogP contribution in [0, 0.1) is 0 Å². The summed E-state index contributed by atoms with van der Waals surface area (Å²) in [6, 6.07) is 7.35. The maximum atomic E-state index is 9.55. The van der Waals surface area contributed by atoms with Crippen molar-refractivity contribution in [1.82, 2.24) is 20.8 Å². The molecule has 0 aliphatic heterocycles. The number of likely N-dealkylation sites (N-methyl/N-ethyl adjacent to an activating group) is 1. The monoisotopic (exact) mass is 357 g/mol. The lowest BCUT2D eigenvalue weighted by molar-refractivity contribution is 0.172. The van der Waals surface area contributed by atoms with Gasteiger partial charge in [-0.3, -0.25) is 5.10 Å². The van der Waals surface area contributed by atoms with E-state index in [0.29, 0.717) is 29.7 Å². The van der Waals surface area contributed by atoms with Gasteiger partial charge in [-0.1, -0.05) is 29.3 Å². The molecule has 1 aromatic carbocycles. The summed E-state index contributed by atoms with van der Waals surface area (Å²) < 4.78 is 0. The van der Waals surface area contributed by atoms with Crippen LogP contribution in [0.25, 0.3) is 11.3 Å². The fraction of sp³-hybridized carbons (Fsp3) is 0.400. The minimum Gasteiger partial charge on any atom is -0.390 e. The lowest BCUT2D eigenvalue weighted by Crippen LogP contribution is -2.36. The fourth-order valence-corrected chi connectivity index (χ4v) is 2.38. The van der Waals surface area contributed by atoms with Crippen molar-refractivity contribution in [2.24, 2.45) is 0 Å². The number of nitrogens with one attached hydrogen (secondary N) is 4. The molecule has 0 radical (unpaired) electrons. The van der Waals surface area contributed by atoms with Gasteiger partial charge in [-0.15, -0.1) is 0 Å². The van der Waals surface area contributed by atoms with Gasteiger partial charge in [0.2, 0.25) is 0 Å². The number of anilines is 1. The van der Waals surface area contributed by atoms with Gasteiger partial charge in [0.05, 0.1) is 21.8 Å². The number of H-pyrrole nitrogens is 1. The number of benzene rings is 1. The number of aliphatic hydroxyl groups is 1. The van der Waals surface area contributed by atoms with Gasteiger partial charge in [-0.05, 0) is 19.2 Å². The Morgan fingerprint density at radius 2 is 2.00 bits per heavy atom. The maximum Gasteiger partial charge on any atom is 0.148 e. The Kier molecular flexibility index (Phi) is 7.14. The molecule has 1 atom stereocenters. The number of aliphatic hydroxyl groups excluding tert-OH is 1. The zero-order valence-electron chi connectivity index (χ0n) is 12.9. The van der Waals surface area contributed by atoms with Crippen LogP contribution >= 0.6 is 23.2 Å². The van der Waals surface area contributed by atoms with Crippen molar-refractivity contribution >= 4 is 29.0 Å². The van der Waals surface area contributed by atoms with Gasteiger partial charge in [-0.2, -0.15) is 5.10 Å². The summed E-state index contributed by atoms with van der Waals surface area (Å²) in [5, 5.41) is 27.1. The van der Waals surface area contributed by atoms with E-state index < -0.39 is 0 Å². The molecule has 2 aromatic rings. The van der Waals surface area contributed by atoms with Crippen LogP contribution in [0.2, 0.25) is 10.0 Å². The summed E-state index contributed by atoms with van der Waals surface area (Å²) in [5.41, 5.74) is 1.79. The van der Waals surface area contributed by atoms with E-state index in [-0.39, 0.29) is 6.10 Å². The molecule has 5 N–H and O–H groups in total. The Balaban J connectivity index is 1.77. The SMILES string of the molecule is CNCC(O)CNCCNc1cc(-c2ccc(Cl)c(Cl)c2)[nH]n1. The molecule has 0 saturated heterocycles. The first-order valence-electron chi connectivity index (χ1n) is 7.38. The summed E-state index contributed by atoms with van der Waals surface area (Å²) >= 11 is 11.9. The van der Waals surface area contributed by atoms with E-state index in [1.807, 2.05) is 19.2 Å². The van der Waals surface area contributed by atoms with Gasteiger partial charge < -0.3 is 21.1 Å². The van der Waals surface area contributed by atoms with Crippen molar-refractivity contribution in [2.75, 3.05) is 38.5 Å². The first-order chi connectivity index (χ1) is 11.1. The average molecular weight is 358 g/mol. The van der Waals surface area contributed by atoms with Crippen molar-refractivity contribution in [3.8, 4) is 11.3 Å². The van der Waals surface area contributed by atoms with Gasteiger partial charge in [0.1, 0.15) is 5.82 Å². The first kappa shape index (κ1) is 18.0. The molecule has 0 saturated carbocycles. The molecule has 8 heteroatoms. The van der Waals surface area contributed by atoms with Gasteiger partial charge in [-0.25, -0.2) is 0 Å². The molecular formula is C15H21Cl2N5O. The molecule has 0 bridgehead atoms. The molecule has 1 aromatic heterocycles. The van der Waals surface area contributed by atoms with Gasteiger partial charge in [0, 0.05) is 37.8 Å². The van der Waals surface area contributed by atoms with E-state index in [2.05, 4.69) is 26.1 Å². The summed E-state index contributed by atoms with van der Waals surface area (Å²) in [5.74, 6) is 0.753. The molecule has 23 heavy (non-hydrogen) atoms. The van der Waals surface area contributed by atoms with Crippen LogP contribution in [0.1, 0.15) is 0 Å². The zero-order valence-corrected chi connectivity index (χ0v) is 14.4. The van der Waals surface area contributed by atoms with Crippen LogP contribution in [-0.4, -0.2) is 54.6 Å². The second-order valence-electron chi connectivity index (χ2n) is 5.14. The number of rotatable bonds is 9. The molecule has 0 aliphatic rings. The maximum absolute atomic E-state index is 9.55. The van der Waals surface area contributed by atoms with Crippen LogP contribution in [0.15, 0.2) is 24.3 Å². The predicted octanol–water partition coefficient (Wildman–Crippen LogP) is 1.97. The molecule has 0 aliphatic carbocycles. The summed E-state index contributed by atoms with van der Waals surface area (Å²) in [4.78, 5) is 0. The minimum atomic E-state index is -0.383. The van der Waals surface area contributed by atoms with Crippen molar-refractivity contribution in [3.63, 3.8) is 0 Å². The Labute approximate surface area is 145 Å². The average Bonchev–Trinajstić information content (AvgIpc) is 2.99. The van der Waals surface area contributed by atoms with Crippen LogP contribution in [0.5, 0.6) is 0 Å². The standard InChI is InChI=1S/C15H21Cl2N5O/c1-18-8-11(23)9-19-4-5-20-15-7-14(21-22-15)10-2-3-12(16)13(17)6-10/h2-3,6-7,11,18-19,23H,4-5,8-9H2,1H3,(H2,20,21,22). The molecule has 6 nitrogen and oxygen atoms in total. The second-order valence-corrected chi connectivity index (χ2v) is 5.95. The number of aromatic nitrogens is 2. The van der Waals surface area contributed by atoms with Crippen molar-refractivity contribution < 1.29 is 5.11 Å². The molecule has 1 unspecified atom stereocenters. The van der Waals surface area contributed by atoms with E-state index in [9.17, 15) is 5.11 Å². The van der Waals surface area contributed by atoms with E-state index in [0.717, 1.165) is 23.6 Å². The normalized spacial score (nSPS) is 12.3. The highest BCUT2D eigenvalue weighted by atomic mass is 35.5. The minimum absolute atomic E-state index is 0.383. The highest BCUT2D eigenvalue weighted by molar-refractivity contribution is 6.42. The zero-order chi connectivity index (χ0) is 16.7. The van der Waals surface area contributed by atoms with Crippen molar-refractivity contribution in [3.05, 3.63) is 34.3 Å². The predicted molar refractivity (Wildman–Crippen MR) is 95.3 cm³/mol. The van der Waals surface area contributed by atoms with Gasteiger partial charge in [0.15, 0.2) is 0 Å². The van der Waals surface area contributed by atoms with Crippen LogP contribution < -0.4 is 16.0 Å². The molecule has 1 heterocycles. The number of hydrogen-bond acceptors (Lipinski definition) is 5. The fourth-order valence-electron chi connectivity index (χ4n) is 2.08. The molecule has 0 amide bonds. The van der Waals surface area contributed by atoms with Crippen LogP contribution in [0.3, 0.4) is 0 Å². The Morgan fingerprint density at radius 3 is 2.74 bits per heavy atom. The molecule has 2 rings (SSSR count). The number of nitrogens with zero attached hydrogens (tertiary/aromatic N) is 1. The Morgan fingerprint density at radius 1 is 1.17 bits per heavy atom. The van der Waals surface area contributed by atoms with Crippen LogP contribution in [0.4, 0.5) is 5.82 Å². The summed E-state index contributed by atoms with van der Waals surface area (Å²) in [7, 11) is 1.81. The quantitative estimate of drug-likeness (QED) is 0.443. The van der Waals surface area contributed by atoms with E-state index in [1.165, 1.54) is 0 Å².